The number of carboxylic acid groups (broad SMARTS) is 1. The van der Waals surface area contributed by atoms with Gasteiger partial charge in [0, 0.05) is 0 Å². The average Bonchev–Trinajstić information content (AvgIpc) is 2.71. The van der Waals surface area contributed by atoms with Crippen LogP contribution in [0.5, 0.6) is 0 Å². The van der Waals surface area contributed by atoms with E-state index in [-0.39, 0.29) is 19.3 Å². The molecule has 0 bridgehead atoms. The van der Waals surface area contributed by atoms with E-state index >= 15 is 0 Å². The molecule has 1 saturated heterocycles. The molecule has 1 fully saturated rings. The minimum Gasteiger partial charge on any atom is -0.481 e. The normalized spacial score (nSPS) is 27.3. The minimum absolute atomic E-state index is 0.0841. The quantitative estimate of drug-likeness (QED) is 0.636. The summed E-state index contributed by atoms with van der Waals surface area (Å²) in [4.78, 5) is 23.0. The first-order valence-electron chi connectivity index (χ1n) is 6.28. The van der Waals surface area contributed by atoms with E-state index in [1.165, 1.54) is 0 Å². The average molecular weight is 268 g/mol. The number of urea groups is 1. The van der Waals surface area contributed by atoms with Crippen LogP contribution in [0, 0.1) is 17.8 Å². The van der Waals surface area contributed by atoms with Crippen molar-refractivity contribution < 1.29 is 19.4 Å². The molecule has 1 heterocycles. The van der Waals surface area contributed by atoms with Gasteiger partial charge in [0.05, 0.1) is 25.3 Å². The highest BCUT2D eigenvalue weighted by atomic mass is 16.5. The molecule has 0 radical (unpaired) electrons. The SMILES string of the molecule is C#CC(CCC)NC(=O)NC1COCC1(C)C(=O)O. The third-order valence-electron chi connectivity index (χ3n) is 3.33. The zero-order chi connectivity index (χ0) is 14.5. The van der Waals surface area contributed by atoms with Crippen molar-refractivity contribution in [3.8, 4) is 12.3 Å². The molecule has 0 aromatic carbocycles. The fraction of sp³-hybridized carbons (Fsp3) is 0.692. The summed E-state index contributed by atoms with van der Waals surface area (Å²) in [6.45, 7) is 3.79. The number of ether oxygens (including phenoxy) is 1. The number of carbonyl (C=O) groups excluding carboxylic acids is 1. The number of rotatable bonds is 5. The van der Waals surface area contributed by atoms with Gasteiger partial charge in [-0.05, 0) is 13.3 Å². The molecule has 1 aliphatic rings. The van der Waals surface area contributed by atoms with Crippen LogP contribution in [0.25, 0.3) is 0 Å². The summed E-state index contributed by atoms with van der Waals surface area (Å²) in [6, 6.07) is -1.37. The van der Waals surface area contributed by atoms with E-state index in [2.05, 4.69) is 16.6 Å². The Kier molecular flexibility index (Phi) is 5.19. The number of terminal acetylenes is 1. The highest BCUT2D eigenvalue weighted by Crippen LogP contribution is 2.28. The third kappa shape index (κ3) is 3.61. The number of carboxylic acids is 1. The fourth-order valence-corrected chi connectivity index (χ4v) is 1.93. The molecule has 1 rings (SSSR count). The number of nitrogens with one attached hydrogen (secondary N) is 2. The lowest BCUT2D eigenvalue weighted by Gasteiger charge is -2.26. The predicted molar refractivity (Wildman–Crippen MR) is 69.5 cm³/mol. The monoisotopic (exact) mass is 268 g/mol. The van der Waals surface area contributed by atoms with Crippen molar-refractivity contribution >= 4 is 12.0 Å². The lowest BCUT2D eigenvalue weighted by atomic mass is 9.85. The van der Waals surface area contributed by atoms with E-state index < -0.39 is 23.5 Å². The van der Waals surface area contributed by atoms with Crippen molar-refractivity contribution in [2.24, 2.45) is 5.41 Å². The topological polar surface area (TPSA) is 87.7 Å². The molecule has 3 unspecified atom stereocenters. The summed E-state index contributed by atoms with van der Waals surface area (Å²) in [7, 11) is 0. The van der Waals surface area contributed by atoms with Gasteiger partial charge in [0.25, 0.3) is 0 Å². The Labute approximate surface area is 112 Å². The molecule has 1 aliphatic heterocycles. The highest BCUT2D eigenvalue weighted by molar-refractivity contribution is 5.79. The van der Waals surface area contributed by atoms with Gasteiger partial charge in [0.1, 0.15) is 5.41 Å². The van der Waals surface area contributed by atoms with E-state index in [1.54, 1.807) is 6.92 Å². The summed E-state index contributed by atoms with van der Waals surface area (Å²) >= 11 is 0. The molecule has 6 nitrogen and oxygen atoms in total. The standard InChI is InChI=1S/C13H20N2O4/c1-4-6-9(5-2)14-12(18)15-10-7-19-8-13(10,3)11(16)17/h2,9-10H,4,6-8H2,1,3H3,(H,16,17)(H2,14,15,18). The Morgan fingerprint density at radius 2 is 2.32 bits per heavy atom. The van der Waals surface area contributed by atoms with Crippen molar-refractivity contribution in [3.05, 3.63) is 0 Å². The molecule has 3 N–H and O–H groups in total. The summed E-state index contributed by atoms with van der Waals surface area (Å²) in [5.74, 6) is 1.49. The highest BCUT2D eigenvalue weighted by Gasteiger charge is 2.47. The number of amides is 2. The largest absolute Gasteiger partial charge is 0.481 e. The van der Waals surface area contributed by atoms with Gasteiger partial charge in [0.15, 0.2) is 0 Å². The molecule has 6 heteroatoms. The molecule has 2 amide bonds. The Hall–Kier alpha value is -1.74. The molecule has 106 valence electrons. The first-order chi connectivity index (χ1) is 8.93. The molecule has 0 spiro atoms. The van der Waals surface area contributed by atoms with Gasteiger partial charge in [-0.2, -0.15) is 0 Å². The molecule has 19 heavy (non-hydrogen) atoms. The minimum atomic E-state index is -1.10. The second kappa shape index (κ2) is 6.43. The van der Waals surface area contributed by atoms with Crippen LogP contribution in [0.1, 0.15) is 26.7 Å². The van der Waals surface area contributed by atoms with Crippen molar-refractivity contribution in [1.29, 1.82) is 0 Å². The lowest BCUT2D eigenvalue weighted by Crippen LogP contribution is -2.53. The smallest absolute Gasteiger partial charge is 0.316 e. The van der Waals surface area contributed by atoms with Crippen LogP contribution in [0.4, 0.5) is 4.79 Å². The molecule has 0 saturated carbocycles. The van der Waals surface area contributed by atoms with Crippen molar-refractivity contribution in [2.45, 2.75) is 38.8 Å². The van der Waals surface area contributed by atoms with E-state index in [4.69, 9.17) is 11.2 Å². The van der Waals surface area contributed by atoms with Crippen LogP contribution < -0.4 is 10.6 Å². The summed E-state index contributed by atoms with van der Waals surface area (Å²) in [6.07, 6.45) is 6.84. The van der Waals surface area contributed by atoms with Crippen molar-refractivity contribution in [2.75, 3.05) is 13.2 Å². The second-order valence-electron chi connectivity index (χ2n) is 4.92. The summed E-state index contributed by atoms with van der Waals surface area (Å²) in [5.41, 5.74) is -1.10. The Morgan fingerprint density at radius 1 is 1.63 bits per heavy atom. The van der Waals surface area contributed by atoms with E-state index in [0.29, 0.717) is 6.42 Å². The van der Waals surface area contributed by atoms with Gasteiger partial charge >= 0.3 is 12.0 Å². The van der Waals surface area contributed by atoms with E-state index in [9.17, 15) is 14.7 Å². The predicted octanol–water partition coefficient (Wildman–Crippen LogP) is 0.577. The molecule has 3 atom stereocenters. The maximum Gasteiger partial charge on any atom is 0.316 e. The third-order valence-corrected chi connectivity index (χ3v) is 3.33. The first-order valence-corrected chi connectivity index (χ1v) is 6.28. The number of hydrogen-bond donors (Lipinski definition) is 3. The lowest BCUT2D eigenvalue weighted by molar-refractivity contribution is -0.148. The van der Waals surface area contributed by atoms with Crippen LogP contribution in [0.2, 0.25) is 0 Å². The van der Waals surface area contributed by atoms with E-state index in [0.717, 1.165) is 6.42 Å². The maximum atomic E-state index is 11.8. The molecule has 0 aliphatic carbocycles. The van der Waals surface area contributed by atoms with Crippen LogP contribution in [0.15, 0.2) is 0 Å². The molecule has 0 aromatic rings. The van der Waals surface area contributed by atoms with Crippen molar-refractivity contribution in [3.63, 3.8) is 0 Å². The summed E-state index contributed by atoms with van der Waals surface area (Å²) in [5, 5.41) is 14.4. The fourth-order valence-electron chi connectivity index (χ4n) is 1.93. The first kappa shape index (κ1) is 15.3. The molecular formula is C13H20N2O4. The van der Waals surface area contributed by atoms with Gasteiger partial charge in [-0.25, -0.2) is 4.79 Å². The van der Waals surface area contributed by atoms with Crippen LogP contribution in [-0.2, 0) is 9.53 Å². The number of hydrogen-bond acceptors (Lipinski definition) is 3. The van der Waals surface area contributed by atoms with Gasteiger partial charge in [0.2, 0.25) is 0 Å². The van der Waals surface area contributed by atoms with E-state index in [1.807, 2.05) is 6.92 Å². The van der Waals surface area contributed by atoms with Gasteiger partial charge in [-0.3, -0.25) is 4.79 Å². The van der Waals surface area contributed by atoms with Crippen LogP contribution >= 0.6 is 0 Å². The number of carbonyl (C=O) groups is 2. The Balaban J connectivity index is 2.57. The van der Waals surface area contributed by atoms with Gasteiger partial charge < -0.3 is 20.5 Å². The second-order valence-corrected chi connectivity index (χ2v) is 4.92. The van der Waals surface area contributed by atoms with Gasteiger partial charge in [-0.15, -0.1) is 6.42 Å². The Bertz CT molecular complexity index is 391. The van der Waals surface area contributed by atoms with Crippen molar-refractivity contribution in [1.82, 2.24) is 10.6 Å². The maximum absolute atomic E-state index is 11.8. The van der Waals surface area contributed by atoms with Crippen LogP contribution in [-0.4, -0.2) is 42.4 Å². The zero-order valence-corrected chi connectivity index (χ0v) is 11.2. The van der Waals surface area contributed by atoms with Gasteiger partial charge in [-0.1, -0.05) is 19.3 Å². The van der Waals surface area contributed by atoms with Crippen LogP contribution in [0.3, 0.4) is 0 Å². The molecule has 0 aromatic heterocycles. The molecular weight excluding hydrogens is 248 g/mol. The number of aliphatic carboxylic acids is 1. The zero-order valence-electron chi connectivity index (χ0n) is 11.2. The summed E-state index contributed by atoms with van der Waals surface area (Å²) < 4.78 is 5.15. The Morgan fingerprint density at radius 3 is 2.84 bits per heavy atom.